The van der Waals surface area contributed by atoms with E-state index in [0.717, 1.165) is 16.9 Å². The number of alkyl halides is 3. The van der Waals surface area contributed by atoms with Crippen LogP contribution in [0.2, 0.25) is 0 Å². The van der Waals surface area contributed by atoms with Gasteiger partial charge in [0.1, 0.15) is 10.7 Å². The van der Waals surface area contributed by atoms with Crippen molar-refractivity contribution < 1.29 is 13.2 Å². The van der Waals surface area contributed by atoms with Crippen LogP contribution in [0.1, 0.15) is 0 Å². The topological polar surface area (TPSA) is 38.9 Å². The van der Waals surface area contributed by atoms with E-state index in [0.29, 0.717) is 10.7 Å². The van der Waals surface area contributed by atoms with E-state index in [1.807, 2.05) is 6.07 Å². The highest BCUT2D eigenvalue weighted by Gasteiger charge is 2.31. The zero-order valence-electron chi connectivity index (χ0n) is 8.36. The van der Waals surface area contributed by atoms with Gasteiger partial charge in [0.25, 0.3) is 0 Å². The molecular formula is C10H7F3N2S2. The summed E-state index contributed by atoms with van der Waals surface area (Å²) in [7, 11) is 0. The summed E-state index contributed by atoms with van der Waals surface area (Å²) in [6.07, 6.45) is 0. The number of rotatable bonds is 2. The van der Waals surface area contributed by atoms with Crippen LogP contribution in [0.5, 0.6) is 0 Å². The third kappa shape index (κ3) is 3.13. The lowest BCUT2D eigenvalue weighted by Gasteiger charge is -2.00. The maximum Gasteiger partial charge on any atom is 0.448 e. The van der Waals surface area contributed by atoms with Gasteiger partial charge in [-0.2, -0.15) is 13.2 Å². The van der Waals surface area contributed by atoms with E-state index in [9.17, 15) is 13.2 Å². The summed E-state index contributed by atoms with van der Waals surface area (Å²) in [5, 5.41) is 0.294. The van der Waals surface area contributed by atoms with Crippen molar-refractivity contribution in [2.24, 2.45) is 0 Å². The van der Waals surface area contributed by atoms with Gasteiger partial charge < -0.3 is 5.73 Å². The number of hydrogen-bond acceptors (Lipinski definition) is 4. The van der Waals surface area contributed by atoms with Crippen molar-refractivity contribution in [2.75, 3.05) is 5.73 Å². The molecule has 0 bridgehead atoms. The van der Waals surface area contributed by atoms with Gasteiger partial charge in [0.2, 0.25) is 0 Å². The standard InChI is InChI=1S/C10H7F3N2S2/c11-10(12,13)17-9-15-7(8(14)16-9)6-4-2-1-3-5-6/h1-5H,14H2. The molecular weight excluding hydrogens is 269 g/mol. The molecule has 0 fully saturated rings. The van der Waals surface area contributed by atoms with E-state index in [1.165, 1.54) is 0 Å². The molecule has 0 saturated heterocycles. The van der Waals surface area contributed by atoms with Crippen LogP contribution in [0, 0.1) is 0 Å². The molecule has 0 saturated carbocycles. The SMILES string of the molecule is Nc1sc(SC(F)(F)F)nc1-c1ccccc1. The number of benzene rings is 1. The van der Waals surface area contributed by atoms with Crippen molar-refractivity contribution in [2.45, 2.75) is 9.85 Å². The first-order chi connectivity index (χ1) is 7.96. The number of hydrogen-bond donors (Lipinski definition) is 1. The summed E-state index contributed by atoms with van der Waals surface area (Å²) in [6, 6.07) is 8.90. The Kier molecular flexibility index (Phi) is 3.30. The van der Waals surface area contributed by atoms with Crippen molar-refractivity contribution in [1.82, 2.24) is 4.98 Å². The fourth-order valence-corrected chi connectivity index (χ4v) is 2.90. The summed E-state index contributed by atoms with van der Waals surface area (Å²) < 4.78 is 36.4. The number of thiazole rings is 1. The molecule has 0 radical (unpaired) electrons. The number of nitrogens with two attached hydrogens (primary N) is 1. The molecule has 1 heterocycles. The molecule has 1 aromatic carbocycles. The molecule has 7 heteroatoms. The van der Waals surface area contributed by atoms with Crippen LogP contribution in [0.4, 0.5) is 18.2 Å². The van der Waals surface area contributed by atoms with Gasteiger partial charge >= 0.3 is 5.51 Å². The zero-order valence-corrected chi connectivity index (χ0v) is 9.99. The van der Waals surface area contributed by atoms with Crippen molar-refractivity contribution in [3.63, 3.8) is 0 Å². The van der Waals surface area contributed by atoms with E-state index in [-0.39, 0.29) is 16.1 Å². The first-order valence-corrected chi connectivity index (χ1v) is 6.16. The highest BCUT2D eigenvalue weighted by molar-refractivity contribution is 8.01. The summed E-state index contributed by atoms with van der Waals surface area (Å²) in [6.45, 7) is 0. The summed E-state index contributed by atoms with van der Waals surface area (Å²) >= 11 is 0.604. The molecule has 0 aliphatic heterocycles. The zero-order chi connectivity index (χ0) is 12.5. The molecule has 2 nitrogen and oxygen atoms in total. The van der Waals surface area contributed by atoms with Gasteiger partial charge in [0.05, 0.1) is 0 Å². The lowest BCUT2D eigenvalue weighted by Crippen LogP contribution is -1.98. The largest absolute Gasteiger partial charge is 0.448 e. The number of aromatic nitrogens is 1. The van der Waals surface area contributed by atoms with Gasteiger partial charge in [0, 0.05) is 17.3 Å². The second-order valence-corrected chi connectivity index (χ2v) is 5.45. The molecule has 1 aromatic heterocycles. The third-order valence-electron chi connectivity index (χ3n) is 1.88. The maximum atomic E-state index is 12.2. The van der Waals surface area contributed by atoms with Crippen molar-refractivity contribution >= 4 is 28.1 Å². The van der Waals surface area contributed by atoms with Crippen molar-refractivity contribution in [1.29, 1.82) is 0 Å². The first kappa shape index (κ1) is 12.3. The Balaban J connectivity index is 2.32. The van der Waals surface area contributed by atoms with Crippen LogP contribution in [-0.2, 0) is 0 Å². The minimum atomic E-state index is -4.34. The van der Waals surface area contributed by atoms with Gasteiger partial charge in [-0.15, -0.1) is 0 Å². The molecule has 0 unspecified atom stereocenters. The van der Waals surface area contributed by atoms with Crippen molar-refractivity contribution in [3.8, 4) is 11.3 Å². The van der Waals surface area contributed by atoms with Gasteiger partial charge in [-0.3, -0.25) is 0 Å². The molecule has 2 N–H and O–H groups in total. The lowest BCUT2D eigenvalue weighted by atomic mass is 10.2. The smallest absolute Gasteiger partial charge is 0.389 e. The molecule has 0 aliphatic rings. The van der Waals surface area contributed by atoms with Crippen LogP contribution in [-0.4, -0.2) is 10.5 Å². The highest BCUT2D eigenvalue weighted by Crippen LogP contribution is 2.42. The van der Waals surface area contributed by atoms with Gasteiger partial charge in [-0.1, -0.05) is 41.7 Å². The Morgan fingerprint density at radius 1 is 1.18 bits per heavy atom. The summed E-state index contributed by atoms with van der Waals surface area (Å²) in [5.74, 6) is 0. The average molecular weight is 276 g/mol. The maximum absolute atomic E-state index is 12.2. The Hall–Kier alpha value is -1.21. The molecule has 0 aliphatic carbocycles. The minimum absolute atomic E-state index is 0.0890. The van der Waals surface area contributed by atoms with E-state index < -0.39 is 5.51 Å². The third-order valence-corrected chi connectivity index (χ3v) is 3.56. The predicted octanol–water partition coefficient (Wildman–Crippen LogP) is 4.00. The fraction of sp³-hybridized carbons (Fsp3) is 0.100. The number of halogens is 3. The van der Waals surface area contributed by atoms with Gasteiger partial charge in [-0.25, -0.2) is 4.98 Å². The van der Waals surface area contributed by atoms with Crippen LogP contribution in [0.15, 0.2) is 34.7 Å². The van der Waals surface area contributed by atoms with Crippen LogP contribution in [0.25, 0.3) is 11.3 Å². The van der Waals surface area contributed by atoms with Crippen molar-refractivity contribution in [3.05, 3.63) is 30.3 Å². The van der Waals surface area contributed by atoms with E-state index in [1.54, 1.807) is 24.3 Å². The average Bonchev–Trinajstić information content (AvgIpc) is 2.58. The molecule has 2 rings (SSSR count). The summed E-state index contributed by atoms with van der Waals surface area (Å²) in [4.78, 5) is 3.90. The number of anilines is 1. The van der Waals surface area contributed by atoms with Crippen LogP contribution < -0.4 is 5.73 Å². The Labute approximate surface area is 104 Å². The van der Waals surface area contributed by atoms with E-state index >= 15 is 0 Å². The Morgan fingerprint density at radius 3 is 2.41 bits per heavy atom. The Morgan fingerprint density at radius 2 is 1.82 bits per heavy atom. The van der Waals surface area contributed by atoms with Crippen LogP contribution in [0.3, 0.4) is 0 Å². The van der Waals surface area contributed by atoms with E-state index in [2.05, 4.69) is 4.98 Å². The molecule has 0 amide bonds. The van der Waals surface area contributed by atoms with Gasteiger partial charge in [0.15, 0.2) is 4.34 Å². The Bertz CT molecular complexity index is 508. The number of thioether (sulfide) groups is 1. The highest BCUT2D eigenvalue weighted by atomic mass is 32.2. The second-order valence-electron chi connectivity index (χ2n) is 3.11. The summed E-state index contributed by atoms with van der Waals surface area (Å²) in [5.41, 5.74) is 2.46. The van der Waals surface area contributed by atoms with E-state index in [4.69, 9.17) is 5.73 Å². The molecule has 2 aromatic rings. The minimum Gasteiger partial charge on any atom is -0.389 e. The quantitative estimate of drug-likeness (QED) is 0.842. The number of nitrogen functional groups attached to an aromatic ring is 1. The first-order valence-electron chi connectivity index (χ1n) is 4.53. The fourth-order valence-electron chi connectivity index (χ4n) is 1.26. The monoisotopic (exact) mass is 276 g/mol. The molecule has 0 atom stereocenters. The van der Waals surface area contributed by atoms with Crippen LogP contribution >= 0.6 is 23.1 Å². The molecule has 17 heavy (non-hydrogen) atoms. The molecule has 0 spiro atoms. The second kappa shape index (κ2) is 4.58. The molecule has 90 valence electrons. The predicted molar refractivity (Wildman–Crippen MR) is 63.9 cm³/mol. The normalized spacial score (nSPS) is 11.7. The lowest BCUT2D eigenvalue weighted by molar-refractivity contribution is -0.0328. The van der Waals surface area contributed by atoms with Gasteiger partial charge in [-0.05, 0) is 0 Å². The number of nitrogens with zero attached hydrogens (tertiary/aromatic N) is 1.